The van der Waals surface area contributed by atoms with Gasteiger partial charge in [0.1, 0.15) is 22.7 Å². The Hall–Kier alpha value is -2.23. The SMILES string of the molecule is Cc1cc2c(C3(C(=O)O)CCC3)c3oc(C)cc3c(C)c2o1. The molecule has 3 aromatic rings. The Morgan fingerprint density at radius 1 is 1.05 bits per heavy atom. The van der Waals surface area contributed by atoms with Gasteiger partial charge in [0.05, 0.1) is 5.41 Å². The number of furan rings is 2. The van der Waals surface area contributed by atoms with Crippen LogP contribution < -0.4 is 0 Å². The van der Waals surface area contributed by atoms with Crippen LogP contribution in [0.25, 0.3) is 21.9 Å². The molecule has 2 heterocycles. The summed E-state index contributed by atoms with van der Waals surface area (Å²) in [5.41, 5.74) is 2.47. The van der Waals surface area contributed by atoms with Crippen LogP contribution in [0.1, 0.15) is 41.9 Å². The maximum absolute atomic E-state index is 12.0. The first-order valence-corrected chi connectivity index (χ1v) is 7.61. The van der Waals surface area contributed by atoms with E-state index in [0.29, 0.717) is 18.4 Å². The molecular weight excluding hydrogens is 280 g/mol. The predicted molar refractivity (Wildman–Crippen MR) is 83.4 cm³/mol. The molecule has 114 valence electrons. The smallest absolute Gasteiger partial charge is 0.314 e. The molecule has 1 aromatic carbocycles. The van der Waals surface area contributed by atoms with Crippen molar-refractivity contribution in [3.05, 3.63) is 34.8 Å². The highest BCUT2D eigenvalue weighted by Gasteiger charge is 2.49. The highest BCUT2D eigenvalue weighted by atomic mass is 16.4. The van der Waals surface area contributed by atoms with Gasteiger partial charge in [-0.3, -0.25) is 4.79 Å². The van der Waals surface area contributed by atoms with E-state index in [4.69, 9.17) is 8.83 Å². The lowest BCUT2D eigenvalue weighted by atomic mass is 9.63. The highest BCUT2D eigenvalue weighted by Crippen LogP contribution is 2.51. The quantitative estimate of drug-likeness (QED) is 0.750. The fourth-order valence-electron chi connectivity index (χ4n) is 3.78. The molecule has 4 heteroatoms. The molecule has 1 aliphatic rings. The Labute approximate surface area is 127 Å². The average molecular weight is 298 g/mol. The number of benzene rings is 1. The molecular formula is C18H18O4. The molecule has 0 bridgehead atoms. The number of carbonyl (C=O) groups is 1. The monoisotopic (exact) mass is 298 g/mol. The van der Waals surface area contributed by atoms with E-state index < -0.39 is 11.4 Å². The molecule has 0 unspecified atom stereocenters. The van der Waals surface area contributed by atoms with Crippen LogP contribution in [0.5, 0.6) is 0 Å². The van der Waals surface area contributed by atoms with Crippen molar-refractivity contribution in [1.82, 2.24) is 0 Å². The van der Waals surface area contributed by atoms with Gasteiger partial charge >= 0.3 is 5.97 Å². The van der Waals surface area contributed by atoms with Gasteiger partial charge in [-0.2, -0.15) is 0 Å². The first-order valence-electron chi connectivity index (χ1n) is 7.61. The zero-order valence-corrected chi connectivity index (χ0v) is 12.9. The van der Waals surface area contributed by atoms with Crippen molar-refractivity contribution in [1.29, 1.82) is 0 Å². The topological polar surface area (TPSA) is 63.6 Å². The number of hydrogen-bond acceptors (Lipinski definition) is 3. The Morgan fingerprint density at radius 2 is 1.64 bits per heavy atom. The number of fused-ring (bicyclic) bond motifs is 2. The van der Waals surface area contributed by atoms with Gasteiger partial charge in [0.25, 0.3) is 0 Å². The largest absolute Gasteiger partial charge is 0.481 e. The number of aliphatic carboxylic acids is 1. The molecule has 0 radical (unpaired) electrons. The van der Waals surface area contributed by atoms with Crippen molar-refractivity contribution in [2.45, 2.75) is 45.4 Å². The third-order valence-corrected chi connectivity index (χ3v) is 5.05. The van der Waals surface area contributed by atoms with E-state index in [-0.39, 0.29) is 0 Å². The van der Waals surface area contributed by atoms with E-state index in [1.54, 1.807) is 0 Å². The second kappa shape index (κ2) is 4.15. The number of carboxylic acids is 1. The zero-order valence-electron chi connectivity index (χ0n) is 12.9. The Bertz CT molecular complexity index is 864. The summed E-state index contributed by atoms with van der Waals surface area (Å²) in [5, 5.41) is 11.7. The number of carboxylic acid groups (broad SMARTS) is 1. The molecule has 22 heavy (non-hydrogen) atoms. The maximum atomic E-state index is 12.0. The zero-order chi connectivity index (χ0) is 15.6. The summed E-state index contributed by atoms with van der Waals surface area (Å²) in [6, 6.07) is 3.91. The fourth-order valence-corrected chi connectivity index (χ4v) is 3.78. The van der Waals surface area contributed by atoms with Crippen molar-refractivity contribution in [2.24, 2.45) is 0 Å². The summed E-state index contributed by atoms with van der Waals surface area (Å²) in [4.78, 5) is 12.0. The van der Waals surface area contributed by atoms with Crippen molar-refractivity contribution in [3.63, 3.8) is 0 Å². The molecule has 0 spiro atoms. The standard InChI is InChI=1S/C18H18O4/c1-9-7-12-11(3)15-13(8-10(2)21-15)14(16(12)22-9)18(17(19)20)5-4-6-18/h7-8H,4-6H2,1-3H3,(H,19,20). The van der Waals surface area contributed by atoms with Crippen LogP contribution in [0.4, 0.5) is 0 Å². The van der Waals surface area contributed by atoms with Crippen LogP contribution in [-0.4, -0.2) is 11.1 Å². The van der Waals surface area contributed by atoms with Crippen LogP contribution in [0.2, 0.25) is 0 Å². The summed E-state index contributed by atoms with van der Waals surface area (Å²) in [5.74, 6) is 0.824. The van der Waals surface area contributed by atoms with Crippen molar-refractivity contribution < 1.29 is 18.7 Å². The summed E-state index contributed by atoms with van der Waals surface area (Å²) in [6.07, 6.45) is 2.23. The van der Waals surface area contributed by atoms with Crippen molar-refractivity contribution >= 4 is 27.9 Å². The lowest BCUT2D eigenvalue weighted by Gasteiger charge is -2.38. The van der Waals surface area contributed by atoms with Crippen LogP contribution in [0.15, 0.2) is 21.0 Å². The van der Waals surface area contributed by atoms with E-state index in [1.165, 1.54) is 0 Å². The summed E-state index contributed by atoms with van der Waals surface area (Å²) < 4.78 is 11.8. The van der Waals surface area contributed by atoms with Gasteiger partial charge in [-0.05, 0) is 45.7 Å². The van der Waals surface area contributed by atoms with Gasteiger partial charge in [-0.1, -0.05) is 6.42 Å². The summed E-state index contributed by atoms with van der Waals surface area (Å²) >= 11 is 0. The Morgan fingerprint density at radius 3 is 2.18 bits per heavy atom. The molecule has 0 aliphatic heterocycles. The minimum atomic E-state index is -0.842. The molecule has 0 amide bonds. The minimum Gasteiger partial charge on any atom is -0.481 e. The average Bonchev–Trinajstić information content (AvgIpc) is 2.94. The molecule has 1 N–H and O–H groups in total. The van der Waals surface area contributed by atoms with Crippen LogP contribution in [0.3, 0.4) is 0 Å². The van der Waals surface area contributed by atoms with Gasteiger partial charge in [0, 0.05) is 21.9 Å². The first kappa shape index (κ1) is 13.4. The van der Waals surface area contributed by atoms with Crippen LogP contribution >= 0.6 is 0 Å². The van der Waals surface area contributed by atoms with E-state index >= 15 is 0 Å². The molecule has 1 saturated carbocycles. The minimum absolute atomic E-state index is 0.652. The highest BCUT2D eigenvalue weighted by molar-refractivity contribution is 6.06. The summed E-state index contributed by atoms with van der Waals surface area (Å²) in [7, 11) is 0. The van der Waals surface area contributed by atoms with Gasteiger partial charge in [0.2, 0.25) is 0 Å². The molecule has 4 rings (SSSR count). The van der Waals surface area contributed by atoms with Gasteiger partial charge in [0.15, 0.2) is 0 Å². The van der Waals surface area contributed by atoms with E-state index in [9.17, 15) is 9.90 Å². The number of hydrogen-bond donors (Lipinski definition) is 1. The van der Waals surface area contributed by atoms with Crippen molar-refractivity contribution in [2.75, 3.05) is 0 Å². The third-order valence-electron chi connectivity index (χ3n) is 5.05. The molecule has 4 nitrogen and oxygen atoms in total. The Kier molecular flexibility index (Phi) is 2.54. The Balaban J connectivity index is 2.22. The molecule has 0 saturated heterocycles. The third kappa shape index (κ3) is 1.50. The molecule has 1 aliphatic carbocycles. The predicted octanol–water partition coefficient (Wildman–Crippen LogP) is 4.61. The van der Waals surface area contributed by atoms with E-state index in [1.807, 2.05) is 32.9 Å². The van der Waals surface area contributed by atoms with Gasteiger partial charge < -0.3 is 13.9 Å². The number of rotatable bonds is 2. The fraction of sp³-hybridized carbons (Fsp3) is 0.389. The van der Waals surface area contributed by atoms with Gasteiger partial charge in [-0.15, -0.1) is 0 Å². The van der Waals surface area contributed by atoms with Crippen LogP contribution in [0, 0.1) is 20.8 Å². The van der Waals surface area contributed by atoms with Crippen LogP contribution in [-0.2, 0) is 10.2 Å². The molecule has 1 fully saturated rings. The maximum Gasteiger partial charge on any atom is 0.314 e. The van der Waals surface area contributed by atoms with Crippen molar-refractivity contribution in [3.8, 4) is 0 Å². The van der Waals surface area contributed by atoms with E-state index in [0.717, 1.165) is 45.4 Å². The first-order chi connectivity index (χ1) is 10.4. The second-order valence-electron chi connectivity index (χ2n) is 6.44. The van der Waals surface area contributed by atoms with E-state index in [2.05, 4.69) is 0 Å². The number of aryl methyl sites for hydroxylation is 3. The lowest BCUT2D eigenvalue weighted by Crippen LogP contribution is -2.42. The normalized spacial score (nSPS) is 17.0. The summed E-state index contributed by atoms with van der Waals surface area (Å²) in [6.45, 7) is 5.79. The lowest BCUT2D eigenvalue weighted by molar-refractivity contribution is -0.147. The molecule has 2 aromatic heterocycles. The molecule has 0 atom stereocenters. The second-order valence-corrected chi connectivity index (χ2v) is 6.44. The van der Waals surface area contributed by atoms with Gasteiger partial charge in [-0.25, -0.2) is 0 Å².